The van der Waals surface area contributed by atoms with E-state index in [4.69, 9.17) is 0 Å². The van der Waals surface area contributed by atoms with Crippen LogP contribution in [0, 0.1) is 0 Å². The second-order valence-electron chi connectivity index (χ2n) is 4.86. The topological polar surface area (TPSA) is 32.3 Å². The molecule has 0 fully saturated rings. The van der Waals surface area contributed by atoms with Gasteiger partial charge < -0.3 is 4.90 Å². The van der Waals surface area contributed by atoms with Gasteiger partial charge in [-0.15, -0.1) is 11.3 Å². The Morgan fingerprint density at radius 3 is 3.06 bits per heavy atom. The molecule has 3 nitrogen and oxygen atoms in total. The molecule has 2 atom stereocenters. The van der Waals surface area contributed by atoms with Crippen molar-refractivity contribution < 1.29 is 4.79 Å². The number of thiophene rings is 1. The second-order valence-corrected chi connectivity index (χ2v) is 5.87. The minimum Gasteiger partial charge on any atom is -0.347 e. The summed E-state index contributed by atoms with van der Waals surface area (Å²) in [5, 5.41) is 5.61. The summed E-state index contributed by atoms with van der Waals surface area (Å²) in [6.45, 7) is 1.95. The highest BCUT2D eigenvalue weighted by Gasteiger charge is 2.25. The number of aryl methyl sites for hydroxylation is 1. The first kappa shape index (κ1) is 12.6. The molecule has 0 bridgehead atoms. The molecule has 1 aromatic rings. The number of rotatable bonds is 3. The second kappa shape index (κ2) is 5.19. The minimum absolute atomic E-state index is 0.110. The highest BCUT2D eigenvalue weighted by atomic mass is 32.1. The molecule has 17 heavy (non-hydrogen) atoms. The first-order valence-corrected chi connectivity index (χ1v) is 7.01. The molecule has 1 heterocycles. The summed E-state index contributed by atoms with van der Waals surface area (Å²) in [5.74, 6) is 0.146. The van der Waals surface area contributed by atoms with E-state index >= 15 is 0 Å². The number of fused-ring (bicyclic) bond motifs is 1. The molecule has 94 valence electrons. The standard InChI is InChI=1S/C13H20N2OS/c1-9(13(16)15(2)3)14-11-5-4-6-12-10(11)7-8-17-12/h7-9,11,14H,4-6H2,1-3H3. The van der Waals surface area contributed by atoms with Gasteiger partial charge in [0.2, 0.25) is 5.91 Å². The molecule has 2 rings (SSSR count). The maximum atomic E-state index is 11.8. The van der Waals surface area contributed by atoms with Crippen molar-refractivity contribution in [3.05, 3.63) is 21.9 Å². The van der Waals surface area contributed by atoms with Gasteiger partial charge in [0.15, 0.2) is 0 Å². The largest absolute Gasteiger partial charge is 0.347 e. The SMILES string of the molecule is CC(NC1CCCc2sccc21)C(=O)N(C)C. The Morgan fingerprint density at radius 1 is 1.59 bits per heavy atom. The van der Waals surface area contributed by atoms with E-state index in [1.54, 1.807) is 19.0 Å². The quantitative estimate of drug-likeness (QED) is 0.894. The number of hydrogen-bond donors (Lipinski definition) is 1. The zero-order valence-corrected chi connectivity index (χ0v) is 11.5. The maximum Gasteiger partial charge on any atom is 0.238 e. The van der Waals surface area contributed by atoms with Crippen LogP contribution in [0.4, 0.5) is 0 Å². The number of amides is 1. The van der Waals surface area contributed by atoms with E-state index < -0.39 is 0 Å². The predicted molar refractivity (Wildman–Crippen MR) is 71.3 cm³/mol. The van der Waals surface area contributed by atoms with Crippen LogP contribution in [-0.4, -0.2) is 30.9 Å². The van der Waals surface area contributed by atoms with E-state index in [-0.39, 0.29) is 11.9 Å². The summed E-state index contributed by atoms with van der Waals surface area (Å²) in [5.41, 5.74) is 1.40. The molecule has 0 aliphatic heterocycles. The molecule has 0 spiro atoms. The fraction of sp³-hybridized carbons (Fsp3) is 0.615. The molecule has 1 aromatic heterocycles. The Bertz CT molecular complexity index is 400. The summed E-state index contributed by atoms with van der Waals surface area (Å²) in [7, 11) is 3.61. The number of nitrogens with zero attached hydrogens (tertiary/aromatic N) is 1. The van der Waals surface area contributed by atoms with Crippen LogP contribution in [0.5, 0.6) is 0 Å². The normalized spacial score (nSPS) is 20.8. The molecule has 1 amide bonds. The van der Waals surface area contributed by atoms with Crippen LogP contribution in [0.3, 0.4) is 0 Å². The van der Waals surface area contributed by atoms with Crippen LogP contribution >= 0.6 is 11.3 Å². The molecule has 4 heteroatoms. The van der Waals surface area contributed by atoms with Gasteiger partial charge in [0.25, 0.3) is 0 Å². The summed E-state index contributed by atoms with van der Waals surface area (Å²) < 4.78 is 0. The van der Waals surface area contributed by atoms with Gasteiger partial charge in [-0.2, -0.15) is 0 Å². The van der Waals surface area contributed by atoms with E-state index in [1.165, 1.54) is 23.3 Å². The molecule has 0 aromatic carbocycles. The summed E-state index contributed by atoms with van der Waals surface area (Å²) >= 11 is 1.84. The van der Waals surface area contributed by atoms with Crippen molar-refractivity contribution in [2.24, 2.45) is 0 Å². The first-order valence-electron chi connectivity index (χ1n) is 6.13. The maximum absolute atomic E-state index is 11.8. The predicted octanol–water partition coefficient (Wildman–Crippen LogP) is 2.19. The number of nitrogens with one attached hydrogen (secondary N) is 1. The Hall–Kier alpha value is -0.870. The first-order chi connectivity index (χ1) is 8.09. The molecule has 1 N–H and O–H groups in total. The van der Waals surface area contributed by atoms with Crippen molar-refractivity contribution in [2.45, 2.75) is 38.3 Å². The Balaban J connectivity index is 2.04. The van der Waals surface area contributed by atoms with Crippen molar-refractivity contribution >= 4 is 17.2 Å². The minimum atomic E-state index is -0.110. The van der Waals surface area contributed by atoms with Crippen LogP contribution in [0.1, 0.15) is 36.2 Å². The Labute approximate surface area is 107 Å². The fourth-order valence-electron chi connectivity index (χ4n) is 2.42. The molecule has 0 saturated heterocycles. The third-order valence-corrected chi connectivity index (χ3v) is 4.31. The van der Waals surface area contributed by atoms with Gasteiger partial charge in [-0.3, -0.25) is 10.1 Å². The molecule has 2 unspecified atom stereocenters. The Morgan fingerprint density at radius 2 is 2.35 bits per heavy atom. The van der Waals surface area contributed by atoms with Gasteiger partial charge in [-0.05, 0) is 43.2 Å². The van der Waals surface area contributed by atoms with E-state index in [0.29, 0.717) is 6.04 Å². The van der Waals surface area contributed by atoms with E-state index in [0.717, 1.165) is 6.42 Å². The fourth-order valence-corrected chi connectivity index (χ4v) is 3.41. The van der Waals surface area contributed by atoms with Crippen molar-refractivity contribution in [1.29, 1.82) is 0 Å². The van der Waals surface area contributed by atoms with Gasteiger partial charge in [0.1, 0.15) is 0 Å². The molecule has 0 saturated carbocycles. The zero-order valence-electron chi connectivity index (χ0n) is 10.7. The number of hydrogen-bond acceptors (Lipinski definition) is 3. The third kappa shape index (κ3) is 2.69. The Kier molecular flexibility index (Phi) is 3.84. The van der Waals surface area contributed by atoms with Crippen molar-refractivity contribution in [2.75, 3.05) is 14.1 Å². The van der Waals surface area contributed by atoms with Gasteiger partial charge in [0, 0.05) is 25.0 Å². The smallest absolute Gasteiger partial charge is 0.238 e. The highest BCUT2D eigenvalue weighted by Crippen LogP contribution is 2.33. The lowest BCUT2D eigenvalue weighted by molar-refractivity contribution is -0.130. The lowest BCUT2D eigenvalue weighted by Crippen LogP contribution is -2.43. The summed E-state index contributed by atoms with van der Waals surface area (Å²) in [6, 6.07) is 2.44. The van der Waals surface area contributed by atoms with Crippen LogP contribution < -0.4 is 5.32 Å². The lowest BCUT2D eigenvalue weighted by atomic mass is 9.93. The third-order valence-electron chi connectivity index (χ3n) is 3.31. The monoisotopic (exact) mass is 252 g/mol. The van der Waals surface area contributed by atoms with Gasteiger partial charge in [-0.25, -0.2) is 0 Å². The lowest BCUT2D eigenvalue weighted by Gasteiger charge is -2.28. The average molecular weight is 252 g/mol. The van der Waals surface area contributed by atoms with Crippen molar-refractivity contribution in [3.63, 3.8) is 0 Å². The van der Waals surface area contributed by atoms with Crippen LogP contribution in [-0.2, 0) is 11.2 Å². The molecule has 0 radical (unpaired) electrons. The molecule has 1 aliphatic rings. The highest BCUT2D eigenvalue weighted by molar-refractivity contribution is 7.10. The van der Waals surface area contributed by atoms with E-state index in [2.05, 4.69) is 16.8 Å². The van der Waals surface area contributed by atoms with Crippen LogP contribution in [0.25, 0.3) is 0 Å². The average Bonchev–Trinajstić information content (AvgIpc) is 2.76. The van der Waals surface area contributed by atoms with Gasteiger partial charge >= 0.3 is 0 Å². The number of likely N-dealkylation sites (N-methyl/N-ethyl adjacent to an activating group) is 1. The van der Waals surface area contributed by atoms with Crippen LogP contribution in [0.15, 0.2) is 11.4 Å². The van der Waals surface area contributed by atoms with Crippen LogP contribution in [0.2, 0.25) is 0 Å². The van der Waals surface area contributed by atoms with E-state index in [9.17, 15) is 4.79 Å². The number of carbonyl (C=O) groups excluding carboxylic acids is 1. The summed E-state index contributed by atoms with van der Waals surface area (Å²) in [6.07, 6.45) is 3.55. The van der Waals surface area contributed by atoms with Crippen molar-refractivity contribution in [3.8, 4) is 0 Å². The summed E-state index contributed by atoms with van der Waals surface area (Å²) in [4.78, 5) is 15.0. The van der Waals surface area contributed by atoms with Crippen molar-refractivity contribution in [1.82, 2.24) is 10.2 Å². The number of carbonyl (C=O) groups is 1. The molecular weight excluding hydrogens is 232 g/mol. The van der Waals surface area contributed by atoms with Gasteiger partial charge in [0.05, 0.1) is 6.04 Å². The van der Waals surface area contributed by atoms with Gasteiger partial charge in [-0.1, -0.05) is 0 Å². The molecule has 1 aliphatic carbocycles. The molecular formula is C13H20N2OS. The van der Waals surface area contributed by atoms with E-state index in [1.807, 2.05) is 18.3 Å². The zero-order chi connectivity index (χ0) is 12.4.